The van der Waals surface area contributed by atoms with Crippen molar-refractivity contribution in [2.75, 3.05) is 5.32 Å². The van der Waals surface area contributed by atoms with Crippen molar-refractivity contribution < 1.29 is 5.11 Å². The topological polar surface area (TPSA) is 45.1 Å². The van der Waals surface area contributed by atoms with E-state index in [9.17, 15) is 5.11 Å². The average molecular weight is 180 g/mol. The molecule has 1 atom stereocenters. The minimum Gasteiger partial charge on any atom is -0.374 e. The van der Waals surface area contributed by atoms with E-state index in [1.165, 1.54) is 0 Å². The highest BCUT2D eigenvalue weighted by atomic mass is 16.3. The third-order valence-corrected chi connectivity index (χ3v) is 2.05. The molecule has 3 heteroatoms. The van der Waals surface area contributed by atoms with E-state index < -0.39 is 6.23 Å². The normalized spacial score (nSPS) is 12.6. The van der Waals surface area contributed by atoms with E-state index >= 15 is 0 Å². The number of aliphatic hydroxyl groups excluding tert-OH is 1. The number of pyridine rings is 1. The van der Waals surface area contributed by atoms with E-state index in [4.69, 9.17) is 0 Å². The summed E-state index contributed by atoms with van der Waals surface area (Å²) in [5.74, 6) is 0. The maximum Gasteiger partial charge on any atom is 0.124 e. The maximum atomic E-state index is 9.42. The number of hydrogen-bond acceptors (Lipinski definition) is 3. The third-order valence-electron chi connectivity index (χ3n) is 2.05. The first-order valence-electron chi connectivity index (χ1n) is 4.52. The lowest BCUT2D eigenvalue weighted by Gasteiger charge is -2.15. The van der Waals surface area contributed by atoms with Crippen LogP contribution in [-0.2, 0) is 0 Å². The minimum absolute atomic E-state index is 0.485. The van der Waals surface area contributed by atoms with Gasteiger partial charge in [-0.25, -0.2) is 0 Å². The number of hydrogen-bond donors (Lipinski definition) is 2. The Kier molecular flexibility index (Phi) is 3.25. The summed E-state index contributed by atoms with van der Waals surface area (Å²) in [4.78, 5) is 4.15. The van der Waals surface area contributed by atoms with Crippen LogP contribution in [0.4, 0.5) is 5.69 Å². The maximum absolute atomic E-state index is 9.42. The average Bonchev–Trinajstić information content (AvgIpc) is 2.11. The lowest BCUT2D eigenvalue weighted by molar-refractivity contribution is 0.199. The SMILES string of the molecule is CCC(O)Nc1c(C)ccnc1C. The van der Waals surface area contributed by atoms with Gasteiger partial charge in [-0.3, -0.25) is 4.98 Å². The first-order chi connectivity index (χ1) is 6.15. The zero-order valence-electron chi connectivity index (χ0n) is 8.33. The van der Waals surface area contributed by atoms with Crippen molar-refractivity contribution in [3.8, 4) is 0 Å². The number of aryl methyl sites for hydroxylation is 2. The molecule has 0 fully saturated rings. The van der Waals surface area contributed by atoms with Crippen molar-refractivity contribution in [2.24, 2.45) is 0 Å². The molecule has 0 aliphatic rings. The molecule has 0 spiro atoms. The fourth-order valence-electron chi connectivity index (χ4n) is 1.18. The summed E-state index contributed by atoms with van der Waals surface area (Å²) in [5, 5.41) is 12.4. The van der Waals surface area contributed by atoms with E-state index in [0.29, 0.717) is 6.42 Å². The Labute approximate surface area is 78.8 Å². The van der Waals surface area contributed by atoms with Crippen LogP contribution in [0.15, 0.2) is 12.3 Å². The Bertz CT molecular complexity index is 266. The molecule has 0 saturated heterocycles. The van der Waals surface area contributed by atoms with Crippen LogP contribution in [0.5, 0.6) is 0 Å². The molecule has 0 radical (unpaired) electrons. The fourth-order valence-corrected chi connectivity index (χ4v) is 1.18. The Morgan fingerprint density at radius 3 is 2.77 bits per heavy atom. The molecule has 1 aromatic heterocycles. The van der Waals surface area contributed by atoms with E-state index in [1.54, 1.807) is 6.20 Å². The van der Waals surface area contributed by atoms with E-state index in [2.05, 4.69) is 10.3 Å². The first-order valence-corrected chi connectivity index (χ1v) is 4.52. The highest BCUT2D eigenvalue weighted by Crippen LogP contribution is 2.17. The highest BCUT2D eigenvalue weighted by Gasteiger charge is 2.06. The monoisotopic (exact) mass is 180 g/mol. The van der Waals surface area contributed by atoms with Crippen molar-refractivity contribution in [2.45, 2.75) is 33.4 Å². The molecule has 0 aliphatic carbocycles. The van der Waals surface area contributed by atoms with E-state index in [-0.39, 0.29) is 0 Å². The van der Waals surface area contributed by atoms with Gasteiger partial charge in [-0.15, -0.1) is 0 Å². The van der Waals surface area contributed by atoms with Crippen LogP contribution >= 0.6 is 0 Å². The molecular formula is C10H16N2O. The predicted molar refractivity (Wildman–Crippen MR) is 53.6 cm³/mol. The van der Waals surface area contributed by atoms with Gasteiger partial charge in [-0.1, -0.05) is 6.92 Å². The summed E-state index contributed by atoms with van der Waals surface area (Å²) in [6, 6.07) is 1.93. The fraction of sp³-hybridized carbons (Fsp3) is 0.500. The predicted octanol–water partition coefficient (Wildman–Crippen LogP) is 1.84. The van der Waals surface area contributed by atoms with Gasteiger partial charge >= 0.3 is 0 Å². The summed E-state index contributed by atoms with van der Waals surface area (Å²) >= 11 is 0. The van der Waals surface area contributed by atoms with E-state index in [1.807, 2.05) is 26.8 Å². The number of anilines is 1. The molecular weight excluding hydrogens is 164 g/mol. The zero-order valence-corrected chi connectivity index (χ0v) is 8.33. The molecule has 3 nitrogen and oxygen atoms in total. The van der Waals surface area contributed by atoms with Crippen LogP contribution in [0, 0.1) is 13.8 Å². The number of aromatic nitrogens is 1. The molecule has 0 saturated carbocycles. The lowest BCUT2D eigenvalue weighted by Crippen LogP contribution is -2.18. The second-order valence-corrected chi connectivity index (χ2v) is 3.16. The van der Waals surface area contributed by atoms with Gasteiger partial charge in [0.2, 0.25) is 0 Å². The highest BCUT2D eigenvalue weighted by molar-refractivity contribution is 5.53. The molecule has 0 amide bonds. The lowest BCUT2D eigenvalue weighted by atomic mass is 10.2. The number of nitrogens with one attached hydrogen (secondary N) is 1. The van der Waals surface area contributed by atoms with E-state index in [0.717, 1.165) is 16.9 Å². The Hall–Kier alpha value is -1.09. The van der Waals surface area contributed by atoms with Crippen molar-refractivity contribution in [1.29, 1.82) is 0 Å². The van der Waals surface area contributed by atoms with Crippen molar-refractivity contribution in [3.05, 3.63) is 23.5 Å². The van der Waals surface area contributed by atoms with Crippen LogP contribution < -0.4 is 5.32 Å². The van der Waals surface area contributed by atoms with Crippen LogP contribution in [0.25, 0.3) is 0 Å². The van der Waals surface area contributed by atoms with Gasteiger partial charge in [0.15, 0.2) is 0 Å². The third kappa shape index (κ3) is 2.42. The quantitative estimate of drug-likeness (QED) is 0.698. The Morgan fingerprint density at radius 2 is 2.23 bits per heavy atom. The molecule has 1 unspecified atom stereocenters. The smallest absolute Gasteiger partial charge is 0.124 e. The largest absolute Gasteiger partial charge is 0.374 e. The molecule has 0 aliphatic heterocycles. The summed E-state index contributed by atoms with van der Waals surface area (Å²) in [6.07, 6.45) is 1.98. The van der Waals surface area contributed by atoms with Gasteiger partial charge in [-0.05, 0) is 31.9 Å². The second-order valence-electron chi connectivity index (χ2n) is 3.16. The molecule has 72 valence electrons. The van der Waals surface area contributed by atoms with Gasteiger partial charge in [0.05, 0.1) is 11.4 Å². The number of nitrogens with zero attached hydrogens (tertiary/aromatic N) is 1. The molecule has 1 rings (SSSR count). The van der Waals surface area contributed by atoms with Crippen LogP contribution in [0.3, 0.4) is 0 Å². The molecule has 0 bridgehead atoms. The number of rotatable bonds is 3. The van der Waals surface area contributed by atoms with Crippen molar-refractivity contribution in [1.82, 2.24) is 4.98 Å². The van der Waals surface area contributed by atoms with Gasteiger partial charge < -0.3 is 10.4 Å². The van der Waals surface area contributed by atoms with Gasteiger partial charge in [-0.2, -0.15) is 0 Å². The zero-order chi connectivity index (χ0) is 9.84. The summed E-state index contributed by atoms with van der Waals surface area (Å²) in [7, 11) is 0. The van der Waals surface area contributed by atoms with Crippen molar-refractivity contribution in [3.63, 3.8) is 0 Å². The van der Waals surface area contributed by atoms with Crippen LogP contribution in [0.2, 0.25) is 0 Å². The summed E-state index contributed by atoms with van der Waals surface area (Å²) in [6.45, 7) is 5.86. The van der Waals surface area contributed by atoms with Gasteiger partial charge in [0.1, 0.15) is 6.23 Å². The summed E-state index contributed by atoms with van der Waals surface area (Å²) in [5.41, 5.74) is 2.98. The standard InChI is InChI=1S/C10H16N2O/c1-4-9(13)12-10-7(2)5-6-11-8(10)3/h5-6,9,12-13H,4H2,1-3H3. The van der Waals surface area contributed by atoms with Crippen LogP contribution in [-0.4, -0.2) is 16.3 Å². The minimum atomic E-state index is -0.485. The van der Waals surface area contributed by atoms with Crippen molar-refractivity contribution >= 4 is 5.69 Å². The Morgan fingerprint density at radius 1 is 1.54 bits per heavy atom. The Balaban J connectivity index is 2.87. The first kappa shape index (κ1) is 9.99. The molecule has 1 heterocycles. The molecule has 1 aromatic rings. The second kappa shape index (κ2) is 4.23. The van der Waals surface area contributed by atoms with Gasteiger partial charge in [0, 0.05) is 6.20 Å². The summed E-state index contributed by atoms with van der Waals surface area (Å²) < 4.78 is 0. The van der Waals surface area contributed by atoms with Gasteiger partial charge in [0.25, 0.3) is 0 Å². The van der Waals surface area contributed by atoms with Crippen LogP contribution in [0.1, 0.15) is 24.6 Å². The molecule has 0 aromatic carbocycles. The molecule has 2 N–H and O–H groups in total. The number of aliphatic hydroxyl groups is 1. The molecule has 13 heavy (non-hydrogen) atoms.